The number of imidazole rings is 1. The smallest absolute Gasteiger partial charge is 0.326 e. The fourth-order valence-corrected chi connectivity index (χ4v) is 5.14. The van der Waals surface area contributed by atoms with Gasteiger partial charge in [0, 0.05) is 24.7 Å². The Kier molecular flexibility index (Phi) is 22.5. The third kappa shape index (κ3) is 17.9. The van der Waals surface area contributed by atoms with Crippen LogP contribution < -0.4 is 54.8 Å². The van der Waals surface area contributed by atoms with Gasteiger partial charge in [0.25, 0.3) is 0 Å². The second-order valence-electron chi connectivity index (χ2n) is 13.2. The largest absolute Gasteiger partial charge is 0.480 e. The number of aliphatic carboxylic acids is 1. The molecule has 0 bridgehead atoms. The molecule has 1 aromatic rings. The number of aromatic nitrogens is 2. The summed E-state index contributed by atoms with van der Waals surface area (Å²) in [4.78, 5) is 108. The number of aliphatic hydroxyl groups excluding tert-OH is 2. The van der Waals surface area contributed by atoms with Crippen LogP contribution in [0, 0.1) is 0 Å². The summed E-state index contributed by atoms with van der Waals surface area (Å²) in [7, 11) is 0. The van der Waals surface area contributed by atoms with Crippen molar-refractivity contribution in [1.82, 2.24) is 41.9 Å². The molecule has 0 spiro atoms. The topological polar surface area (TPSA) is 402 Å². The van der Waals surface area contributed by atoms with E-state index in [4.69, 9.17) is 22.9 Å². The molecule has 1 rings (SSSR count). The number of H-pyrrole nitrogens is 1. The summed E-state index contributed by atoms with van der Waals surface area (Å²) in [5.41, 5.74) is 22.7. The number of carbonyl (C=O) groups excluding carboxylic acids is 7. The Morgan fingerprint density at radius 2 is 1.23 bits per heavy atom. The fourth-order valence-electron chi connectivity index (χ4n) is 5.14. The summed E-state index contributed by atoms with van der Waals surface area (Å²) < 4.78 is 0. The number of rotatable bonds is 28. The van der Waals surface area contributed by atoms with Gasteiger partial charge in [-0.25, -0.2) is 9.78 Å². The predicted octanol–water partition coefficient (Wildman–Crippen LogP) is -5.81. The Labute approximate surface area is 323 Å². The number of aliphatic hydroxyl groups is 2. The van der Waals surface area contributed by atoms with Crippen LogP contribution in [0.25, 0.3) is 0 Å². The lowest BCUT2D eigenvalue weighted by molar-refractivity contribution is -0.142. The van der Waals surface area contributed by atoms with Crippen molar-refractivity contribution in [2.24, 2.45) is 22.9 Å². The van der Waals surface area contributed by atoms with Gasteiger partial charge in [0.15, 0.2) is 0 Å². The molecule has 1 heterocycles. The van der Waals surface area contributed by atoms with Crippen molar-refractivity contribution in [2.75, 3.05) is 19.7 Å². The van der Waals surface area contributed by atoms with Gasteiger partial charge in [0.2, 0.25) is 41.4 Å². The summed E-state index contributed by atoms with van der Waals surface area (Å²) in [5, 5.41) is 44.0. The first-order valence-corrected chi connectivity index (χ1v) is 18.2. The van der Waals surface area contributed by atoms with Crippen LogP contribution in [-0.2, 0) is 44.8 Å². The minimum atomic E-state index is -1.67. The van der Waals surface area contributed by atoms with Gasteiger partial charge in [-0.15, -0.1) is 0 Å². The van der Waals surface area contributed by atoms with Crippen LogP contribution in [0.2, 0.25) is 0 Å². The molecule has 56 heavy (non-hydrogen) atoms. The second kappa shape index (κ2) is 25.8. The molecule has 7 amide bonds. The maximum Gasteiger partial charge on any atom is 0.326 e. The molecular formula is C33H58N12O11. The van der Waals surface area contributed by atoms with Crippen LogP contribution >= 0.6 is 0 Å². The number of nitrogens with one attached hydrogen (secondary N) is 7. The molecule has 0 saturated heterocycles. The maximum atomic E-state index is 13.5. The summed E-state index contributed by atoms with van der Waals surface area (Å²) >= 11 is 0. The van der Waals surface area contributed by atoms with Crippen molar-refractivity contribution in [3.63, 3.8) is 0 Å². The van der Waals surface area contributed by atoms with Crippen LogP contribution in [0.3, 0.4) is 0 Å². The number of hydrogen-bond donors (Lipinski definition) is 14. The van der Waals surface area contributed by atoms with E-state index in [1.807, 2.05) is 0 Å². The van der Waals surface area contributed by atoms with Gasteiger partial charge in [-0.2, -0.15) is 0 Å². The normalized spacial score (nSPS) is 15.3. The molecule has 1 aromatic heterocycles. The van der Waals surface area contributed by atoms with Crippen molar-refractivity contribution in [2.45, 2.75) is 120 Å². The van der Waals surface area contributed by atoms with Crippen LogP contribution in [0.1, 0.15) is 70.9 Å². The highest BCUT2D eigenvalue weighted by Crippen LogP contribution is 2.08. The van der Waals surface area contributed by atoms with E-state index in [1.54, 1.807) is 0 Å². The van der Waals surface area contributed by atoms with Crippen molar-refractivity contribution >= 4 is 47.3 Å². The number of amides is 7. The number of unbranched alkanes of at least 4 members (excludes halogenated alkanes) is 2. The molecular weight excluding hydrogens is 740 g/mol. The molecule has 0 saturated carbocycles. The Hall–Kier alpha value is -5.23. The average molecular weight is 799 g/mol. The van der Waals surface area contributed by atoms with Gasteiger partial charge >= 0.3 is 5.97 Å². The first-order valence-electron chi connectivity index (χ1n) is 18.2. The molecule has 0 unspecified atom stereocenters. The Morgan fingerprint density at radius 1 is 0.714 bits per heavy atom. The summed E-state index contributed by atoms with van der Waals surface area (Å²) in [5.74, 6) is -7.62. The quantitative estimate of drug-likeness (QED) is 0.0351. The lowest BCUT2D eigenvalue weighted by atomic mass is 10.0. The molecule has 23 heteroatoms. The highest BCUT2D eigenvalue weighted by Gasteiger charge is 2.34. The van der Waals surface area contributed by atoms with E-state index in [9.17, 15) is 53.7 Å². The highest BCUT2D eigenvalue weighted by molar-refractivity contribution is 5.97. The second-order valence-corrected chi connectivity index (χ2v) is 13.2. The minimum absolute atomic E-state index is 0.00239. The molecule has 316 valence electrons. The number of carboxylic acids is 1. The fraction of sp³-hybridized carbons (Fsp3) is 0.667. The first kappa shape index (κ1) is 48.8. The number of nitrogens with two attached hydrogens (primary N) is 4. The highest BCUT2D eigenvalue weighted by atomic mass is 16.4. The number of hydrogen-bond acceptors (Lipinski definition) is 14. The van der Waals surface area contributed by atoms with E-state index in [-0.39, 0.29) is 45.2 Å². The number of nitrogens with zero attached hydrogens (tertiary/aromatic N) is 1. The zero-order valence-electron chi connectivity index (χ0n) is 31.6. The van der Waals surface area contributed by atoms with Gasteiger partial charge < -0.3 is 75.1 Å². The zero-order valence-corrected chi connectivity index (χ0v) is 31.6. The maximum absolute atomic E-state index is 13.5. The van der Waals surface area contributed by atoms with Crippen molar-refractivity contribution in [3.8, 4) is 0 Å². The van der Waals surface area contributed by atoms with Gasteiger partial charge in [-0.3, -0.25) is 33.6 Å². The minimum Gasteiger partial charge on any atom is -0.480 e. The van der Waals surface area contributed by atoms with E-state index in [2.05, 4.69) is 41.9 Å². The van der Waals surface area contributed by atoms with Gasteiger partial charge in [-0.1, -0.05) is 0 Å². The number of aromatic amines is 1. The lowest BCUT2D eigenvalue weighted by Crippen LogP contribution is -2.61. The Balaban J connectivity index is 3.06. The summed E-state index contributed by atoms with van der Waals surface area (Å²) in [6, 6.07) is -9.72. The predicted molar refractivity (Wildman–Crippen MR) is 198 cm³/mol. The molecule has 0 radical (unpaired) electrons. The van der Waals surface area contributed by atoms with E-state index < -0.39 is 102 Å². The monoisotopic (exact) mass is 798 g/mol. The van der Waals surface area contributed by atoms with Crippen molar-refractivity contribution in [3.05, 3.63) is 18.2 Å². The molecule has 8 atom stereocenters. The average Bonchev–Trinajstić information content (AvgIpc) is 3.65. The summed E-state index contributed by atoms with van der Waals surface area (Å²) in [6.07, 6.45) is 2.31. The molecule has 0 fully saturated rings. The molecule has 0 aliphatic heterocycles. The van der Waals surface area contributed by atoms with E-state index in [1.165, 1.54) is 26.4 Å². The van der Waals surface area contributed by atoms with Gasteiger partial charge in [0.05, 0.1) is 25.1 Å². The van der Waals surface area contributed by atoms with Gasteiger partial charge in [0.1, 0.15) is 36.3 Å². The van der Waals surface area contributed by atoms with E-state index in [0.717, 1.165) is 0 Å². The molecule has 23 nitrogen and oxygen atoms in total. The van der Waals surface area contributed by atoms with Crippen LogP contribution in [-0.4, -0.2) is 141 Å². The van der Waals surface area contributed by atoms with Crippen LogP contribution in [0.15, 0.2) is 12.5 Å². The lowest BCUT2D eigenvalue weighted by Gasteiger charge is -2.28. The number of carboxylic acid groups (broad SMARTS) is 1. The van der Waals surface area contributed by atoms with Crippen molar-refractivity contribution < 1.29 is 53.7 Å². The molecule has 0 aliphatic carbocycles. The SMILES string of the molecule is C[C@H](NC(=O)[C@H](CO)NC(=O)[C@@H](N)Cc1cnc[nH]1)C(=O)N[C@@H](CCCCN)C(=O)N[C@H](C(=O)N[C@@H](CCCCN)C(=O)N[C@@H](CCC(N)=O)C(=O)O)[C@@H](C)O. The number of primary amides is 1. The molecule has 0 aromatic carbocycles. The third-order valence-electron chi connectivity index (χ3n) is 8.42. The van der Waals surface area contributed by atoms with E-state index >= 15 is 0 Å². The summed E-state index contributed by atoms with van der Waals surface area (Å²) in [6.45, 7) is 2.16. The Bertz CT molecular complexity index is 1450. The standard InChI is InChI=1S/C33H58N12O11/c1-17(40-31(53)24(15-46)44-28(50)20(36)13-19-14-38-16-39-19)27(49)41-22(8-4-6-12-35)30(52)45-26(18(2)47)32(54)42-21(7-3-5-11-34)29(51)43-23(33(55)56)9-10-25(37)48/h14,16-18,20-24,26,46-47H,3-13,15,34-36H2,1-2H3,(H2,37,48)(H,38,39)(H,40,53)(H,41,49)(H,42,54)(H,43,51)(H,44,50)(H,45,52)(H,55,56)/t17-,18+,20-,21-,22-,23-,24-,26-/m0/s1. The van der Waals surface area contributed by atoms with Gasteiger partial charge in [-0.05, 0) is 71.9 Å². The number of carbonyl (C=O) groups is 8. The third-order valence-corrected chi connectivity index (χ3v) is 8.42. The first-order chi connectivity index (χ1) is 26.4. The van der Waals surface area contributed by atoms with Crippen molar-refractivity contribution in [1.29, 1.82) is 0 Å². The van der Waals surface area contributed by atoms with Crippen LogP contribution in [0.4, 0.5) is 0 Å². The Morgan fingerprint density at radius 3 is 1.71 bits per heavy atom. The van der Waals surface area contributed by atoms with Crippen LogP contribution in [0.5, 0.6) is 0 Å². The molecule has 18 N–H and O–H groups in total. The molecule has 0 aliphatic rings. The van der Waals surface area contributed by atoms with E-state index in [0.29, 0.717) is 31.4 Å². The zero-order chi connectivity index (χ0) is 42.4.